The van der Waals surface area contributed by atoms with E-state index < -0.39 is 0 Å². The van der Waals surface area contributed by atoms with Crippen molar-refractivity contribution in [3.05, 3.63) is 0 Å². The quantitative estimate of drug-likeness (QED) is 0.751. The fourth-order valence-electron chi connectivity index (χ4n) is 1.71. The van der Waals surface area contributed by atoms with Crippen LogP contribution in [0.1, 0.15) is 32.6 Å². The van der Waals surface area contributed by atoms with Gasteiger partial charge in [0.25, 0.3) is 0 Å². The maximum atomic E-state index is 11.4. The highest BCUT2D eigenvalue weighted by Gasteiger charge is 2.30. The van der Waals surface area contributed by atoms with Crippen LogP contribution in [0.15, 0.2) is 0 Å². The number of thioether (sulfide) groups is 1. The van der Waals surface area contributed by atoms with Gasteiger partial charge < -0.3 is 10.6 Å². The maximum Gasteiger partial charge on any atom is 0.315 e. The molecule has 1 saturated carbocycles. The topological polar surface area (TPSA) is 41.1 Å². The van der Waals surface area contributed by atoms with Gasteiger partial charge in [-0.25, -0.2) is 4.79 Å². The van der Waals surface area contributed by atoms with Crippen LogP contribution in [0, 0.1) is 0 Å². The van der Waals surface area contributed by atoms with E-state index in [0.29, 0.717) is 6.04 Å². The van der Waals surface area contributed by atoms with E-state index in [0.717, 1.165) is 19.4 Å². The second-order valence-electron chi connectivity index (χ2n) is 4.50. The summed E-state index contributed by atoms with van der Waals surface area (Å²) in [6.07, 6.45) is 4.81. The summed E-state index contributed by atoms with van der Waals surface area (Å²) in [5, 5.41) is 5.90. The van der Waals surface area contributed by atoms with Crippen molar-refractivity contribution in [1.29, 1.82) is 0 Å². The Kier molecular flexibility index (Phi) is 2.91. The van der Waals surface area contributed by atoms with Crippen LogP contribution in [-0.2, 0) is 0 Å². The number of carbonyl (C=O) groups excluding carboxylic acids is 1. The predicted molar refractivity (Wildman–Crippen MR) is 59.7 cm³/mol. The largest absolute Gasteiger partial charge is 0.337 e. The van der Waals surface area contributed by atoms with Gasteiger partial charge in [0.05, 0.1) is 0 Å². The first-order valence-electron chi connectivity index (χ1n) is 5.36. The maximum absolute atomic E-state index is 11.4. The molecule has 0 bridgehead atoms. The summed E-state index contributed by atoms with van der Waals surface area (Å²) in [7, 11) is 0. The molecule has 1 atom stereocenters. The molecule has 3 nitrogen and oxygen atoms in total. The molecule has 2 fully saturated rings. The molecule has 14 heavy (non-hydrogen) atoms. The van der Waals surface area contributed by atoms with Gasteiger partial charge in [-0.05, 0) is 38.4 Å². The molecule has 0 aromatic rings. The molecule has 4 heteroatoms. The number of nitrogens with one attached hydrogen (secondary N) is 2. The van der Waals surface area contributed by atoms with E-state index in [4.69, 9.17) is 0 Å². The van der Waals surface area contributed by atoms with Crippen molar-refractivity contribution in [3.8, 4) is 0 Å². The Bertz CT molecular complexity index is 222. The smallest absolute Gasteiger partial charge is 0.315 e. The number of carbonyl (C=O) groups is 1. The lowest BCUT2D eigenvalue weighted by Gasteiger charge is -2.22. The molecule has 1 aliphatic carbocycles. The molecule has 1 aliphatic heterocycles. The first-order valence-corrected chi connectivity index (χ1v) is 6.35. The van der Waals surface area contributed by atoms with Crippen LogP contribution in [-0.4, -0.2) is 29.1 Å². The molecule has 1 heterocycles. The van der Waals surface area contributed by atoms with Crippen molar-refractivity contribution >= 4 is 17.8 Å². The molecule has 1 saturated heterocycles. The van der Waals surface area contributed by atoms with E-state index in [9.17, 15) is 4.79 Å². The average molecular weight is 214 g/mol. The van der Waals surface area contributed by atoms with Crippen LogP contribution in [0.3, 0.4) is 0 Å². The number of hydrogen-bond donors (Lipinski definition) is 2. The molecule has 2 rings (SSSR count). The highest BCUT2D eigenvalue weighted by atomic mass is 32.2. The van der Waals surface area contributed by atoms with Gasteiger partial charge in [-0.1, -0.05) is 0 Å². The van der Waals surface area contributed by atoms with E-state index in [1.807, 2.05) is 11.8 Å². The van der Waals surface area contributed by atoms with Gasteiger partial charge in [0.2, 0.25) is 0 Å². The van der Waals surface area contributed by atoms with Gasteiger partial charge in [-0.2, -0.15) is 11.8 Å². The third kappa shape index (κ3) is 2.80. The minimum atomic E-state index is 0.0150. The van der Waals surface area contributed by atoms with Crippen LogP contribution >= 0.6 is 11.8 Å². The van der Waals surface area contributed by atoms with Crippen LogP contribution in [0.4, 0.5) is 4.79 Å². The zero-order chi connectivity index (χ0) is 10.0. The minimum Gasteiger partial charge on any atom is -0.337 e. The standard InChI is InChI=1S/C10H18N2OS/c1-10(5-2-6-14-10)7-11-9(13)12-8-3-4-8/h8H,2-7H2,1H3,(H2,11,12,13). The molecule has 0 aromatic heterocycles. The van der Waals surface area contributed by atoms with E-state index in [1.54, 1.807) is 0 Å². The Labute approximate surface area is 89.4 Å². The van der Waals surface area contributed by atoms with Crippen LogP contribution in [0.5, 0.6) is 0 Å². The number of hydrogen-bond acceptors (Lipinski definition) is 2. The van der Waals surface area contributed by atoms with E-state index in [-0.39, 0.29) is 10.8 Å². The lowest BCUT2D eigenvalue weighted by atomic mass is 10.1. The zero-order valence-corrected chi connectivity index (χ0v) is 9.45. The normalized spacial score (nSPS) is 31.5. The van der Waals surface area contributed by atoms with E-state index in [1.165, 1.54) is 18.6 Å². The molecule has 1 unspecified atom stereocenters. The fraction of sp³-hybridized carbons (Fsp3) is 0.900. The van der Waals surface area contributed by atoms with Gasteiger partial charge in [0.15, 0.2) is 0 Å². The zero-order valence-electron chi connectivity index (χ0n) is 8.64. The Hall–Kier alpha value is -0.380. The van der Waals surface area contributed by atoms with Crippen molar-refractivity contribution in [2.75, 3.05) is 12.3 Å². The first kappa shape index (κ1) is 10.1. The molecule has 0 radical (unpaired) electrons. The van der Waals surface area contributed by atoms with Gasteiger partial charge in [0.1, 0.15) is 0 Å². The van der Waals surface area contributed by atoms with Crippen LogP contribution in [0.2, 0.25) is 0 Å². The van der Waals surface area contributed by atoms with Gasteiger partial charge in [0, 0.05) is 17.3 Å². The first-order chi connectivity index (χ1) is 6.68. The summed E-state index contributed by atoms with van der Waals surface area (Å²) in [6, 6.07) is 0.472. The molecule has 2 aliphatic rings. The Morgan fingerprint density at radius 3 is 2.93 bits per heavy atom. The second kappa shape index (κ2) is 4.01. The SMILES string of the molecule is CC1(CNC(=O)NC2CC2)CCCS1. The van der Waals surface area contributed by atoms with E-state index in [2.05, 4.69) is 17.6 Å². The summed E-state index contributed by atoms with van der Waals surface area (Å²) in [4.78, 5) is 11.4. The predicted octanol–water partition coefficient (Wildman–Crippen LogP) is 1.73. The van der Waals surface area contributed by atoms with Gasteiger partial charge >= 0.3 is 6.03 Å². The fourth-order valence-corrected chi connectivity index (χ4v) is 2.95. The number of rotatable bonds is 3. The molecule has 2 N–H and O–H groups in total. The van der Waals surface area contributed by atoms with Crippen molar-refractivity contribution in [3.63, 3.8) is 0 Å². The summed E-state index contributed by atoms with van der Waals surface area (Å²) < 4.78 is 0.279. The Balaban J connectivity index is 1.67. The third-order valence-corrected chi connectivity index (χ3v) is 4.37. The summed E-state index contributed by atoms with van der Waals surface area (Å²) in [5.74, 6) is 1.24. The molecular weight excluding hydrogens is 196 g/mol. The van der Waals surface area contributed by atoms with Crippen LogP contribution in [0.25, 0.3) is 0 Å². The summed E-state index contributed by atoms with van der Waals surface area (Å²) in [5.41, 5.74) is 0. The second-order valence-corrected chi connectivity index (χ2v) is 6.19. The lowest BCUT2D eigenvalue weighted by molar-refractivity contribution is 0.239. The van der Waals surface area contributed by atoms with Crippen molar-refractivity contribution in [2.45, 2.75) is 43.4 Å². The third-order valence-electron chi connectivity index (χ3n) is 2.84. The molecular formula is C10H18N2OS. The minimum absolute atomic E-state index is 0.0150. The number of amides is 2. The molecule has 2 amide bonds. The van der Waals surface area contributed by atoms with E-state index >= 15 is 0 Å². The summed E-state index contributed by atoms with van der Waals surface area (Å²) in [6.45, 7) is 3.04. The Morgan fingerprint density at radius 1 is 1.57 bits per heavy atom. The van der Waals surface area contributed by atoms with Gasteiger partial charge in [-0.15, -0.1) is 0 Å². The lowest BCUT2D eigenvalue weighted by Crippen LogP contribution is -2.43. The van der Waals surface area contributed by atoms with Gasteiger partial charge in [-0.3, -0.25) is 0 Å². The highest BCUT2D eigenvalue weighted by Crippen LogP contribution is 2.36. The van der Waals surface area contributed by atoms with Crippen molar-refractivity contribution < 1.29 is 4.79 Å². The monoisotopic (exact) mass is 214 g/mol. The van der Waals surface area contributed by atoms with Crippen molar-refractivity contribution in [2.24, 2.45) is 0 Å². The Morgan fingerprint density at radius 2 is 2.36 bits per heavy atom. The van der Waals surface area contributed by atoms with Crippen molar-refractivity contribution in [1.82, 2.24) is 10.6 Å². The molecule has 0 aromatic carbocycles. The number of urea groups is 1. The van der Waals surface area contributed by atoms with Crippen LogP contribution < -0.4 is 10.6 Å². The highest BCUT2D eigenvalue weighted by molar-refractivity contribution is 8.00. The molecule has 0 spiro atoms. The average Bonchev–Trinajstić information content (AvgIpc) is 2.85. The summed E-state index contributed by atoms with van der Waals surface area (Å²) >= 11 is 1.98. The molecule has 80 valence electrons.